The number of carbonyl (C=O) groups is 4. The van der Waals surface area contributed by atoms with Gasteiger partial charge in [-0.05, 0) is 48.4 Å². The smallest absolute Gasteiger partial charge is 0.289 e. The summed E-state index contributed by atoms with van der Waals surface area (Å²) in [5, 5.41) is 5.34. The van der Waals surface area contributed by atoms with Crippen molar-refractivity contribution in [1.82, 2.24) is 10.2 Å². The Morgan fingerprint density at radius 2 is 1.77 bits per heavy atom. The molecule has 2 aromatic rings. The van der Waals surface area contributed by atoms with Gasteiger partial charge >= 0.3 is 0 Å². The van der Waals surface area contributed by atoms with E-state index in [1.165, 1.54) is 4.90 Å². The summed E-state index contributed by atoms with van der Waals surface area (Å²) >= 11 is 1.00. The van der Waals surface area contributed by atoms with Crippen LogP contribution in [-0.4, -0.2) is 47.3 Å². The van der Waals surface area contributed by atoms with Gasteiger partial charge in [0.15, 0.2) is 0 Å². The van der Waals surface area contributed by atoms with Crippen LogP contribution < -0.4 is 15.4 Å². The molecule has 0 bridgehead atoms. The Labute approximate surface area is 184 Å². The van der Waals surface area contributed by atoms with Crippen LogP contribution in [0.5, 0.6) is 5.75 Å². The fraction of sp³-hybridized carbons (Fsp3) is 0.273. The van der Waals surface area contributed by atoms with Gasteiger partial charge in [-0.2, -0.15) is 0 Å². The minimum atomic E-state index is -0.235. The lowest BCUT2D eigenvalue weighted by molar-refractivity contribution is -0.125. The standard InChI is InChI=1S/C22H23N3O5S/c1-30-18-10-6-16(7-11-18)21(28)23-12-2-3-19(26)24-17-8-4-15(5-9-17)13-25-20(27)14-31-22(25)29/h4-11H,2-3,12-14H2,1H3,(H,23,28)(H,24,26). The molecule has 31 heavy (non-hydrogen) atoms. The molecule has 9 heteroatoms. The Bertz CT molecular complexity index is 944. The molecule has 0 aliphatic carbocycles. The molecule has 0 aromatic heterocycles. The van der Waals surface area contributed by atoms with E-state index in [1.807, 2.05) is 0 Å². The summed E-state index contributed by atoms with van der Waals surface area (Å²) in [5.74, 6) is 0.317. The van der Waals surface area contributed by atoms with Crippen molar-refractivity contribution in [3.63, 3.8) is 0 Å². The van der Waals surface area contributed by atoms with Crippen LogP contribution in [0.25, 0.3) is 0 Å². The van der Waals surface area contributed by atoms with Crippen molar-refractivity contribution in [3.8, 4) is 5.75 Å². The van der Waals surface area contributed by atoms with E-state index in [-0.39, 0.29) is 41.7 Å². The van der Waals surface area contributed by atoms with Gasteiger partial charge < -0.3 is 15.4 Å². The zero-order chi connectivity index (χ0) is 22.2. The highest BCUT2D eigenvalue weighted by atomic mass is 32.2. The minimum absolute atomic E-state index is 0.159. The Hall–Kier alpha value is -3.33. The first-order valence-corrected chi connectivity index (χ1v) is 10.7. The molecule has 2 aromatic carbocycles. The van der Waals surface area contributed by atoms with Gasteiger partial charge in [-0.3, -0.25) is 24.1 Å². The quantitative estimate of drug-likeness (QED) is 0.580. The molecule has 8 nitrogen and oxygen atoms in total. The molecular formula is C22H23N3O5S. The summed E-state index contributed by atoms with van der Waals surface area (Å²) in [6, 6.07) is 13.8. The fourth-order valence-corrected chi connectivity index (χ4v) is 3.65. The third-order valence-electron chi connectivity index (χ3n) is 4.64. The molecule has 0 radical (unpaired) electrons. The van der Waals surface area contributed by atoms with E-state index in [0.29, 0.717) is 30.0 Å². The number of nitrogens with zero attached hydrogens (tertiary/aromatic N) is 1. The van der Waals surface area contributed by atoms with Crippen molar-refractivity contribution in [3.05, 3.63) is 59.7 Å². The largest absolute Gasteiger partial charge is 0.497 e. The van der Waals surface area contributed by atoms with Gasteiger partial charge in [0.25, 0.3) is 11.1 Å². The number of ether oxygens (including phenoxy) is 1. The van der Waals surface area contributed by atoms with Gasteiger partial charge in [0.05, 0.1) is 19.4 Å². The highest BCUT2D eigenvalue weighted by Gasteiger charge is 2.29. The van der Waals surface area contributed by atoms with Crippen molar-refractivity contribution >= 4 is 40.4 Å². The first-order valence-electron chi connectivity index (χ1n) is 9.74. The molecule has 3 rings (SSSR count). The lowest BCUT2D eigenvalue weighted by Crippen LogP contribution is -2.27. The van der Waals surface area contributed by atoms with E-state index < -0.39 is 0 Å². The molecule has 0 unspecified atom stereocenters. The van der Waals surface area contributed by atoms with Crippen molar-refractivity contribution in [2.24, 2.45) is 0 Å². The first kappa shape index (κ1) is 22.4. The molecule has 1 fully saturated rings. The maximum absolute atomic E-state index is 12.1. The maximum atomic E-state index is 12.1. The van der Waals surface area contributed by atoms with Crippen molar-refractivity contribution in [1.29, 1.82) is 0 Å². The molecule has 1 heterocycles. The van der Waals surface area contributed by atoms with Gasteiger partial charge in [0.2, 0.25) is 11.8 Å². The summed E-state index contributed by atoms with van der Waals surface area (Å²) in [5.41, 5.74) is 1.97. The second-order valence-corrected chi connectivity index (χ2v) is 7.79. The third-order valence-corrected chi connectivity index (χ3v) is 5.50. The fourth-order valence-electron chi connectivity index (χ4n) is 2.93. The van der Waals surface area contributed by atoms with E-state index in [2.05, 4.69) is 10.6 Å². The number of nitrogens with one attached hydrogen (secondary N) is 2. The van der Waals surface area contributed by atoms with Gasteiger partial charge in [-0.15, -0.1) is 0 Å². The molecule has 1 saturated heterocycles. The average molecular weight is 442 g/mol. The highest BCUT2D eigenvalue weighted by Crippen LogP contribution is 2.22. The zero-order valence-corrected chi connectivity index (χ0v) is 17.9. The second kappa shape index (κ2) is 10.6. The van der Waals surface area contributed by atoms with Crippen molar-refractivity contribution in [2.75, 3.05) is 24.7 Å². The zero-order valence-electron chi connectivity index (χ0n) is 17.1. The molecule has 1 aliphatic rings. The van der Waals surface area contributed by atoms with E-state index in [1.54, 1.807) is 55.6 Å². The number of imide groups is 1. The van der Waals surface area contributed by atoms with Gasteiger partial charge in [0, 0.05) is 24.2 Å². The summed E-state index contributed by atoms with van der Waals surface area (Å²) in [6.45, 7) is 0.611. The van der Waals surface area contributed by atoms with E-state index in [0.717, 1.165) is 17.3 Å². The maximum Gasteiger partial charge on any atom is 0.289 e. The van der Waals surface area contributed by atoms with Crippen LogP contribution in [-0.2, 0) is 16.1 Å². The van der Waals surface area contributed by atoms with E-state index >= 15 is 0 Å². The number of rotatable bonds is 9. The number of anilines is 1. The van der Waals surface area contributed by atoms with Gasteiger partial charge in [0.1, 0.15) is 5.75 Å². The van der Waals surface area contributed by atoms with Crippen LogP contribution in [0.3, 0.4) is 0 Å². The lowest BCUT2D eigenvalue weighted by Gasteiger charge is -2.13. The predicted molar refractivity (Wildman–Crippen MR) is 118 cm³/mol. The van der Waals surface area contributed by atoms with Crippen LogP contribution in [0.1, 0.15) is 28.8 Å². The molecule has 162 valence electrons. The average Bonchev–Trinajstić information content (AvgIpc) is 3.10. The SMILES string of the molecule is COc1ccc(C(=O)NCCCC(=O)Nc2ccc(CN3C(=O)CSC3=O)cc2)cc1. The lowest BCUT2D eigenvalue weighted by atomic mass is 10.2. The Balaban J connectivity index is 1.37. The number of hydrogen-bond donors (Lipinski definition) is 2. The van der Waals surface area contributed by atoms with Crippen LogP contribution in [0.2, 0.25) is 0 Å². The van der Waals surface area contributed by atoms with Crippen molar-refractivity contribution in [2.45, 2.75) is 19.4 Å². The number of hydrogen-bond acceptors (Lipinski definition) is 6. The highest BCUT2D eigenvalue weighted by molar-refractivity contribution is 8.14. The third kappa shape index (κ3) is 6.32. The molecule has 1 aliphatic heterocycles. The molecule has 0 spiro atoms. The molecular weight excluding hydrogens is 418 g/mol. The summed E-state index contributed by atoms with van der Waals surface area (Å²) in [4.78, 5) is 48.7. The predicted octanol–water partition coefficient (Wildman–Crippen LogP) is 3.04. The molecule has 0 saturated carbocycles. The van der Waals surface area contributed by atoms with E-state index in [9.17, 15) is 19.2 Å². The van der Waals surface area contributed by atoms with Crippen LogP contribution >= 0.6 is 11.8 Å². The summed E-state index contributed by atoms with van der Waals surface area (Å²) in [7, 11) is 1.56. The van der Waals surface area contributed by atoms with Gasteiger partial charge in [-0.1, -0.05) is 23.9 Å². The monoisotopic (exact) mass is 441 g/mol. The minimum Gasteiger partial charge on any atom is -0.497 e. The van der Waals surface area contributed by atoms with Crippen LogP contribution in [0, 0.1) is 0 Å². The Morgan fingerprint density at radius 3 is 2.39 bits per heavy atom. The normalized spacial score (nSPS) is 13.3. The first-order chi connectivity index (χ1) is 15.0. The van der Waals surface area contributed by atoms with Gasteiger partial charge in [-0.25, -0.2) is 0 Å². The Kier molecular flexibility index (Phi) is 7.66. The molecule has 4 amide bonds. The molecule has 0 atom stereocenters. The summed E-state index contributed by atoms with van der Waals surface area (Å²) in [6.07, 6.45) is 0.765. The number of carbonyl (C=O) groups excluding carboxylic acids is 4. The topological polar surface area (TPSA) is 105 Å². The van der Waals surface area contributed by atoms with Crippen LogP contribution in [0.15, 0.2) is 48.5 Å². The number of thioether (sulfide) groups is 1. The van der Waals surface area contributed by atoms with Crippen LogP contribution in [0.4, 0.5) is 10.5 Å². The van der Waals surface area contributed by atoms with Crippen molar-refractivity contribution < 1.29 is 23.9 Å². The molecule has 2 N–H and O–H groups in total. The van der Waals surface area contributed by atoms with E-state index in [4.69, 9.17) is 4.74 Å². The Morgan fingerprint density at radius 1 is 1.06 bits per heavy atom. The number of benzene rings is 2. The summed E-state index contributed by atoms with van der Waals surface area (Å²) < 4.78 is 5.06. The number of amides is 4. The number of methoxy groups -OCH3 is 1. The second-order valence-electron chi connectivity index (χ2n) is 6.87.